The van der Waals surface area contributed by atoms with Gasteiger partial charge in [-0.05, 0) is 36.8 Å². The van der Waals surface area contributed by atoms with Crippen LogP contribution in [0, 0.1) is 6.92 Å². The Labute approximate surface area is 190 Å². The van der Waals surface area contributed by atoms with Crippen molar-refractivity contribution >= 4 is 28.4 Å². The van der Waals surface area contributed by atoms with Crippen LogP contribution in [0.4, 0.5) is 8.78 Å². The SMILES string of the molecule is COc1ccc(C)cc1-n1c(=O)c2ccccc2n2c(SCc3nccn3C(F)F)nnc12. The molecule has 168 valence electrons. The predicted octanol–water partition coefficient (Wildman–Crippen LogP) is 4.23. The van der Waals surface area contributed by atoms with Crippen LogP contribution in [0.1, 0.15) is 17.9 Å². The Balaban J connectivity index is 1.73. The maximum Gasteiger partial charge on any atom is 0.319 e. The second-order valence-electron chi connectivity index (χ2n) is 7.27. The number of ether oxygens (including phenoxy) is 1. The van der Waals surface area contributed by atoms with Gasteiger partial charge in [-0.1, -0.05) is 30.0 Å². The van der Waals surface area contributed by atoms with Crippen LogP contribution in [0.15, 0.2) is 64.8 Å². The first-order valence-electron chi connectivity index (χ1n) is 9.96. The first-order chi connectivity index (χ1) is 16.0. The van der Waals surface area contributed by atoms with Gasteiger partial charge in [0.1, 0.15) is 11.6 Å². The van der Waals surface area contributed by atoms with E-state index in [-0.39, 0.29) is 17.1 Å². The maximum atomic E-state index is 13.5. The average molecular weight is 468 g/mol. The molecule has 0 fully saturated rings. The van der Waals surface area contributed by atoms with Gasteiger partial charge >= 0.3 is 6.55 Å². The molecule has 0 saturated carbocycles. The molecular formula is C22H18F2N6O2S. The number of fused-ring (bicyclic) bond motifs is 3. The Hall–Kier alpha value is -3.73. The van der Waals surface area contributed by atoms with Gasteiger partial charge < -0.3 is 4.74 Å². The Morgan fingerprint density at radius 1 is 1.15 bits per heavy atom. The summed E-state index contributed by atoms with van der Waals surface area (Å²) in [5.41, 5.74) is 1.83. The van der Waals surface area contributed by atoms with Crippen molar-refractivity contribution in [2.45, 2.75) is 24.4 Å². The molecule has 0 aliphatic carbocycles. The molecule has 11 heteroatoms. The molecule has 0 radical (unpaired) electrons. The van der Waals surface area contributed by atoms with Crippen molar-refractivity contribution in [3.8, 4) is 11.4 Å². The summed E-state index contributed by atoms with van der Waals surface area (Å²) >= 11 is 1.21. The molecule has 5 rings (SSSR count). The van der Waals surface area contributed by atoms with Crippen LogP contribution >= 0.6 is 11.8 Å². The van der Waals surface area contributed by atoms with Crippen molar-refractivity contribution in [1.29, 1.82) is 0 Å². The van der Waals surface area contributed by atoms with Gasteiger partial charge in [-0.25, -0.2) is 9.55 Å². The van der Waals surface area contributed by atoms with E-state index < -0.39 is 6.55 Å². The highest BCUT2D eigenvalue weighted by atomic mass is 32.2. The highest BCUT2D eigenvalue weighted by Gasteiger charge is 2.21. The summed E-state index contributed by atoms with van der Waals surface area (Å²) in [6, 6.07) is 12.7. The van der Waals surface area contributed by atoms with Gasteiger partial charge in [0.15, 0.2) is 5.16 Å². The van der Waals surface area contributed by atoms with Crippen molar-refractivity contribution in [2.75, 3.05) is 7.11 Å². The molecule has 33 heavy (non-hydrogen) atoms. The first-order valence-corrected chi connectivity index (χ1v) is 10.9. The zero-order valence-corrected chi connectivity index (χ0v) is 18.5. The minimum absolute atomic E-state index is 0.152. The highest BCUT2D eigenvalue weighted by molar-refractivity contribution is 7.98. The van der Waals surface area contributed by atoms with Crippen molar-refractivity contribution < 1.29 is 13.5 Å². The van der Waals surface area contributed by atoms with Gasteiger partial charge in [-0.3, -0.25) is 13.8 Å². The zero-order valence-electron chi connectivity index (χ0n) is 17.6. The fraction of sp³-hybridized carbons (Fsp3) is 0.182. The van der Waals surface area contributed by atoms with Crippen molar-refractivity contribution in [3.63, 3.8) is 0 Å². The Kier molecular flexibility index (Phi) is 5.33. The van der Waals surface area contributed by atoms with E-state index in [1.807, 2.05) is 25.1 Å². The number of thioether (sulfide) groups is 1. The van der Waals surface area contributed by atoms with E-state index in [1.54, 1.807) is 28.7 Å². The molecule has 0 N–H and O–H groups in total. The number of alkyl halides is 2. The third-order valence-corrected chi connectivity index (χ3v) is 6.18. The topological polar surface area (TPSA) is 79.2 Å². The number of methoxy groups -OCH3 is 1. The van der Waals surface area contributed by atoms with Crippen molar-refractivity contribution in [1.82, 2.24) is 28.7 Å². The molecule has 3 heterocycles. The molecule has 3 aromatic heterocycles. The largest absolute Gasteiger partial charge is 0.495 e. The van der Waals surface area contributed by atoms with E-state index in [4.69, 9.17) is 4.74 Å². The summed E-state index contributed by atoms with van der Waals surface area (Å²) in [5, 5.41) is 9.48. The van der Waals surface area contributed by atoms with Crippen LogP contribution in [0.5, 0.6) is 5.75 Å². The molecule has 0 atom stereocenters. The smallest absolute Gasteiger partial charge is 0.319 e. The lowest BCUT2D eigenvalue weighted by Crippen LogP contribution is -2.22. The van der Waals surface area contributed by atoms with E-state index in [1.165, 1.54) is 35.8 Å². The number of hydrogen-bond donors (Lipinski definition) is 0. The van der Waals surface area contributed by atoms with Crippen LogP contribution in [0.25, 0.3) is 22.4 Å². The predicted molar refractivity (Wildman–Crippen MR) is 120 cm³/mol. The summed E-state index contributed by atoms with van der Waals surface area (Å²) in [7, 11) is 1.54. The number of aromatic nitrogens is 6. The molecule has 2 aromatic carbocycles. The fourth-order valence-electron chi connectivity index (χ4n) is 3.73. The standard InChI is InChI=1S/C22H18F2N6O2S/c1-13-7-8-17(32-2)16(11-13)29-19(31)14-5-3-4-6-15(14)30-21(29)26-27-22(30)33-12-18-25-9-10-28(18)20(23)24/h3-11,20H,12H2,1-2H3. The van der Waals surface area contributed by atoms with Gasteiger partial charge in [-0.15, -0.1) is 10.2 Å². The van der Waals surface area contributed by atoms with E-state index >= 15 is 0 Å². The van der Waals surface area contributed by atoms with Crippen molar-refractivity contribution in [2.24, 2.45) is 0 Å². The van der Waals surface area contributed by atoms with Crippen LogP contribution in [-0.4, -0.2) is 35.8 Å². The lowest BCUT2D eigenvalue weighted by Gasteiger charge is -2.14. The monoisotopic (exact) mass is 468 g/mol. The Morgan fingerprint density at radius 2 is 1.97 bits per heavy atom. The number of aryl methyl sites for hydroxylation is 1. The lowest BCUT2D eigenvalue weighted by molar-refractivity contribution is 0.0678. The minimum Gasteiger partial charge on any atom is -0.495 e. The summed E-state index contributed by atoms with van der Waals surface area (Å²) < 4.78 is 35.9. The number of halogens is 2. The molecule has 0 saturated heterocycles. The number of rotatable bonds is 6. The molecule has 8 nitrogen and oxygen atoms in total. The quantitative estimate of drug-likeness (QED) is 0.347. The first kappa shape index (κ1) is 21.1. The van der Waals surface area contributed by atoms with Crippen LogP contribution in [-0.2, 0) is 5.75 Å². The van der Waals surface area contributed by atoms with Crippen LogP contribution < -0.4 is 10.3 Å². The number of para-hydroxylation sites is 1. The average Bonchev–Trinajstić information content (AvgIpc) is 3.45. The van der Waals surface area contributed by atoms with E-state index in [0.29, 0.717) is 33.3 Å². The molecule has 0 amide bonds. The number of imidazole rings is 1. The summed E-state index contributed by atoms with van der Waals surface area (Å²) in [6.07, 6.45) is 2.57. The fourth-order valence-corrected chi connectivity index (χ4v) is 4.62. The van der Waals surface area contributed by atoms with Gasteiger partial charge in [0.05, 0.1) is 29.5 Å². The number of hydrogen-bond acceptors (Lipinski definition) is 6. The third-order valence-electron chi connectivity index (χ3n) is 5.26. The second-order valence-corrected chi connectivity index (χ2v) is 8.21. The summed E-state index contributed by atoms with van der Waals surface area (Å²) in [5.74, 6) is 1.17. The summed E-state index contributed by atoms with van der Waals surface area (Å²) in [6.45, 7) is -0.763. The van der Waals surface area contributed by atoms with Gasteiger partial charge in [-0.2, -0.15) is 8.78 Å². The summed E-state index contributed by atoms with van der Waals surface area (Å²) in [4.78, 5) is 17.5. The zero-order chi connectivity index (χ0) is 23.1. The number of nitrogens with zero attached hydrogens (tertiary/aromatic N) is 6. The van der Waals surface area contributed by atoms with E-state index in [2.05, 4.69) is 15.2 Å². The second kappa shape index (κ2) is 8.32. The lowest BCUT2D eigenvalue weighted by atomic mass is 10.2. The van der Waals surface area contributed by atoms with Crippen LogP contribution in [0.3, 0.4) is 0 Å². The molecule has 0 bridgehead atoms. The van der Waals surface area contributed by atoms with Gasteiger partial charge in [0.25, 0.3) is 5.56 Å². The Bertz CT molecular complexity index is 1540. The van der Waals surface area contributed by atoms with Crippen LogP contribution in [0.2, 0.25) is 0 Å². The van der Waals surface area contributed by atoms with Gasteiger partial charge in [0.2, 0.25) is 5.78 Å². The van der Waals surface area contributed by atoms with Crippen molar-refractivity contribution in [3.05, 3.63) is 76.6 Å². The maximum absolute atomic E-state index is 13.5. The normalized spacial score (nSPS) is 11.7. The molecule has 0 unspecified atom stereocenters. The number of benzene rings is 2. The van der Waals surface area contributed by atoms with E-state index in [9.17, 15) is 13.6 Å². The Morgan fingerprint density at radius 3 is 2.76 bits per heavy atom. The molecule has 0 aliphatic heterocycles. The molecule has 5 aromatic rings. The molecule has 0 spiro atoms. The molecular weight excluding hydrogens is 450 g/mol. The van der Waals surface area contributed by atoms with E-state index in [0.717, 1.165) is 10.1 Å². The molecule has 0 aliphatic rings. The van der Waals surface area contributed by atoms with Gasteiger partial charge in [0, 0.05) is 12.4 Å². The minimum atomic E-state index is -2.68. The third kappa shape index (κ3) is 3.54. The highest BCUT2D eigenvalue weighted by Crippen LogP contribution is 2.29.